The van der Waals surface area contributed by atoms with Crippen molar-refractivity contribution in [3.05, 3.63) is 71.5 Å². The van der Waals surface area contributed by atoms with Crippen LogP contribution in [0.2, 0.25) is 0 Å². The van der Waals surface area contributed by atoms with E-state index in [0.29, 0.717) is 0 Å². The highest BCUT2D eigenvalue weighted by atomic mass is 32.2. The fourth-order valence-electron chi connectivity index (χ4n) is 2.08. The average Bonchev–Trinajstić information content (AvgIpc) is 3.07. The normalized spacial score (nSPS) is 11.1. The Kier molecular flexibility index (Phi) is 5.28. The van der Waals surface area contributed by atoms with E-state index in [1.165, 1.54) is 11.1 Å². The molecule has 0 bridgehead atoms. The van der Waals surface area contributed by atoms with Gasteiger partial charge in [-0.15, -0.1) is 10.2 Å². The summed E-state index contributed by atoms with van der Waals surface area (Å²) < 4.78 is 6.89. The van der Waals surface area contributed by atoms with Crippen molar-refractivity contribution in [1.82, 2.24) is 14.9 Å². The monoisotopic (exact) mass is 338 g/mol. The number of benzene rings is 2. The highest BCUT2D eigenvalue weighted by molar-refractivity contribution is 7.98. The molecule has 0 unspecified atom stereocenters. The van der Waals surface area contributed by atoms with Crippen LogP contribution in [0.25, 0.3) is 0 Å². The molecule has 1 aromatic heterocycles. The van der Waals surface area contributed by atoms with E-state index in [0.717, 1.165) is 22.2 Å². The molecule has 5 nitrogen and oxygen atoms in total. The Hall–Kier alpha value is -2.60. The summed E-state index contributed by atoms with van der Waals surface area (Å²) in [7, 11) is 1.65. The van der Waals surface area contributed by atoms with Crippen molar-refractivity contribution >= 4 is 18.0 Å². The van der Waals surface area contributed by atoms with E-state index in [4.69, 9.17) is 4.74 Å². The Morgan fingerprint density at radius 2 is 2.04 bits per heavy atom. The quantitative estimate of drug-likeness (QED) is 0.507. The molecular formula is C18H18N4OS. The Morgan fingerprint density at radius 3 is 2.83 bits per heavy atom. The molecule has 0 aliphatic rings. The lowest BCUT2D eigenvalue weighted by Gasteiger charge is -2.02. The van der Waals surface area contributed by atoms with Crippen LogP contribution in [-0.2, 0) is 5.75 Å². The van der Waals surface area contributed by atoms with Gasteiger partial charge < -0.3 is 4.74 Å². The molecule has 2 aromatic carbocycles. The van der Waals surface area contributed by atoms with Crippen LogP contribution in [0.1, 0.15) is 16.7 Å². The van der Waals surface area contributed by atoms with E-state index in [-0.39, 0.29) is 0 Å². The predicted molar refractivity (Wildman–Crippen MR) is 96.7 cm³/mol. The Labute approximate surface area is 145 Å². The number of rotatable bonds is 6. The lowest BCUT2D eigenvalue weighted by molar-refractivity contribution is 0.414. The summed E-state index contributed by atoms with van der Waals surface area (Å²) in [5.41, 5.74) is 3.46. The first-order valence-electron chi connectivity index (χ1n) is 7.51. The molecule has 6 heteroatoms. The van der Waals surface area contributed by atoms with Gasteiger partial charge in [-0.3, -0.25) is 0 Å². The summed E-state index contributed by atoms with van der Waals surface area (Å²) in [6.07, 6.45) is 3.37. The van der Waals surface area contributed by atoms with Gasteiger partial charge in [0.05, 0.1) is 13.3 Å². The maximum atomic E-state index is 5.21. The average molecular weight is 338 g/mol. The van der Waals surface area contributed by atoms with Crippen LogP contribution in [0, 0.1) is 6.92 Å². The second-order valence-electron chi connectivity index (χ2n) is 5.25. The third kappa shape index (κ3) is 4.23. The minimum Gasteiger partial charge on any atom is -0.497 e. The Morgan fingerprint density at radius 1 is 1.21 bits per heavy atom. The van der Waals surface area contributed by atoms with Gasteiger partial charge in [-0.2, -0.15) is 9.78 Å². The molecule has 0 radical (unpaired) electrons. The molecule has 0 aliphatic heterocycles. The Bertz CT molecular complexity index is 827. The van der Waals surface area contributed by atoms with Crippen LogP contribution in [0.5, 0.6) is 5.75 Å². The molecule has 0 saturated heterocycles. The smallest absolute Gasteiger partial charge is 0.212 e. The minimum atomic E-state index is 0.759. The van der Waals surface area contributed by atoms with Gasteiger partial charge in [-0.1, -0.05) is 53.7 Å². The van der Waals surface area contributed by atoms with Crippen LogP contribution in [-0.4, -0.2) is 28.2 Å². The largest absolute Gasteiger partial charge is 0.497 e. The lowest BCUT2D eigenvalue weighted by Crippen LogP contribution is -1.93. The number of methoxy groups -OCH3 is 1. The molecule has 0 saturated carbocycles. The van der Waals surface area contributed by atoms with Crippen molar-refractivity contribution in [1.29, 1.82) is 0 Å². The van der Waals surface area contributed by atoms with Crippen LogP contribution in [0.3, 0.4) is 0 Å². The molecule has 3 rings (SSSR count). The van der Waals surface area contributed by atoms with Crippen molar-refractivity contribution in [3.8, 4) is 5.75 Å². The fourth-order valence-corrected chi connectivity index (χ4v) is 2.90. The highest BCUT2D eigenvalue weighted by Crippen LogP contribution is 2.20. The first kappa shape index (κ1) is 16.3. The van der Waals surface area contributed by atoms with E-state index in [1.807, 2.05) is 24.3 Å². The van der Waals surface area contributed by atoms with Gasteiger partial charge in [0.1, 0.15) is 12.1 Å². The highest BCUT2D eigenvalue weighted by Gasteiger charge is 2.04. The standard InChI is InChI=1S/C18H18N4OS/c1-14-6-8-15(9-7-14)12-24-18-21-19-13-22(18)20-11-16-4-3-5-17(10-16)23-2/h3-11,13H,12H2,1-2H3/b20-11+. The van der Waals surface area contributed by atoms with Gasteiger partial charge in [-0.05, 0) is 30.2 Å². The third-order valence-corrected chi connectivity index (χ3v) is 4.42. The molecule has 0 N–H and O–H groups in total. The fraction of sp³-hybridized carbons (Fsp3) is 0.167. The van der Waals surface area contributed by atoms with Crippen molar-refractivity contribution in [3.63, 3.8) is 0 Å². The molecule has 0 spiro atoms. The molecule has 3 aromatic rings. The van der Waals surface area contributed by atoms with Crippen LogP contribution >= 0.6 is 11.8 Å². The number of thioether (sulfide) groups is 1. The van der Waals surface area contributed by atoms with Gasteiger partial charge >= 0.3 is 0 Å². The number of nitrogens with zero attached hydrogens (tertiary/aromatic N) is 4. The van der Waals surface area contributed by atoms with E-state index >= 15 is 0 Å². The first-order chi connectivity index (χ1) is 11.7. The van der Waals surface area contributed by atoms with Gasteiger partial charge in [-0.25, -0.2) is 0 Å². The van der Waals surface area contributed by atoms with Crippen LogP contribution in [0.4, 0.5) is 0 Å². The second-order valence-corrected chi connectivity index (χ2v) is 6.20. The van der Waals surface area contributed by atoms with Gasteiger partial charge in [0.2, 0.25) is 5.16 Å². The summed E-state index contributed by atoms with van der Waals surface area (Å²) in [6, 6.07) is 16.2. The number of hydrogen-bond acceptors (Lipinski definition) is 5. The van der Waals surface area contributed by atoms with E-state index in [2.05, 4.69) is 46.5 Å². The zero-order chi connectivity index (χ0) is 16.8. The van der Waals surface area contributed by atoms with Crippen LogP contribution in [0.15, 0.2) is 65.1 Å². The van der Waals surface area contributed by atoms with Crippen molar-refractivity contribution in [2.75, 3.05) is 7.11 Å². The van der Waals surface area contributed by atoms with Gasteiger partial charge in [0.25, 0.3) is 0 Å². The predicted octanol–water partition coefficient (Wildman–Crippen LogP) is 3.77. The lowest BCUT2D eigenvalue weighted by atomic mass is 10.2. The maximum absolute atomic E-state index is 5.21. The van der Waals surface area contributed by atoms with Crippen molar-refractivity contribution in [2.45, 2.75) is 17.8 Å². The van der Waals surface area contributed by atoms with Gasteiger partial charge in [0, 0.05) is 5.75 Å². The molecule has 0 fully saturated rings. The first-order valence-corrected chi connectivity index (χ1v) is 8.50. The molecular weight excluding hydrogens is 320 g/mol. The molecule has 122 valence electrons. The molecule has 0 aliphatic carbocycles. The summed E-state index contributed by atoms with van der Waals surface area (Å²) in [4.78, 5) is 0. The van der Waals surface area contributed by atoms with Gasteiger partial charge in [0.15, 0.2) is 0 Å². The number of hydrogen-bond donors (Lipinski definition) is 0. The number of aryl methyl sites for hydroxylation is 1. The summed E-state index contributed by atoms with van der Waals surface area (Å²) in [6.45, 7) is 2.08. The number of ether oxygens (including phenoxy) is 1. The SMILES string of the molecule is COc1cccc(/C=N/n2cnnc2SCc2ccc(C)cc2)c1. The second kappa shape index (κ2) is 7.79. The molecule has 1 heterocycles. The van der Waals surface area contributed by atoms with Crippen LogP contribution < -0.4 is 4.74 Å². The summed E-state index contributed by atoms with van der Waals surface area (Å²) in [5.74, 6) is 1.63. The zero-order valence-electron chi connectivity index (χ0n) is 13.6. The Balaban J connectivity index is 1.68. The number of aromatic nitrogens is 3. The van der Waals surface area contributed by atoms with Crippen molar-refractivity contribution < 1.29 is 4.74 Å². The molecule has 24 heavy (non-hydrogen) atoms. The van der Waals surface area contributed by atoms with E-state index < -0.39 is 0 Å². The summed E-state index contributed by atoms with van der Waals surface area (Å²) >= 11 is 1.61. The zero-order valence-corrected chi connectivity index (χ0v) is 14.4. The van der Waals surface area contributed by atoms with E-state index in [9.17, 15) is 0 Å². The molecule has 0 amide bonds. The minimum absolute atomic E-state index is 0.759. The summed E-state index contributed by atoms with van der Waals surface area (Å²) in [5, 5.41) is 13.3. The van der Waals surface area contributed by atoms with E-state index in [1.54, 1.807) is 36.1 Å². The van der Waals surface area contributed by atoms with Crippen molar-refractivity contribution in [2.24, 2.45) is 5.10 Å². The third-order valence-electron chi connectivity index (χ3n) is 3.41. The topological polar surface area (TPSA) is 52.3 Å². The maximum Gasteiger partial charge on any atom is 0.212 e. The molecule has 0 atom stereocenters.